The fourth-order valence-corrected chi connectivity index (χ4v) is 10.6. The Kier molecular flexibility index (Phi) is 14.4. The number of fused-ring (bicyclic) bond motifs is 3. The monoisotopic (exact) mass is 946 g/mol. The molecule has 0 radical (unpaired) electrons. The number of hydrogen-bond donors (Lipinski definition) is 0. The Morgan fingerprint density at radius 3 is 1.36 bits per heavy atom. The smallest absolute Gasteiger partial charge is 0.344 e. The highest BCUT2D eigenvalue weighted by Gasteiger charge is 2.66. The zero-order chi connectivity index (χ0) is 48.9. The molecule has 0 amide bonds. The van der Waals surface area contributed by atoms with Crippen LogP contribution in [0.25, 0.3) is 0 Å². The van der Waals surface area contributed by atoms with Crippen molar-refractivity contribution in [1.29, 1.82) is 0 Å². The highest BCUT2D eigenvalue weighted by Crippen LogP contribution is 2.56. The van der Waals surface area contributed by atoms with Crippen LogP contribution >= 0.6 is 0 Å². The zero-order valence-electron chi connectivity index (χ0n) is 39.9. The molecule has 0 N–H and O–H groups in total. The second-order valence-electron chi connectivity index (χ2n) is 21.3. The molecule has 15 atom stereocenters. The lowest BCUT2D eigenvalue weighted by Gasteiger charge is -2.25. The summed E-state index contributed by atoms with van der Waals surface area (Å²) in [6.07, 6.45) is 2.73. The van der Waals surface area contributed by atoms with Crippen LogP contribution < -0.4 is 0 Å². The summed E-state index contributed by atoms with van der Waals surface area (Å²) in [6, 6.07) is 0. The van der Waals surface area contributed by atoms with Crippen LogP contribution in [-0.2, 0) is 90.5 Å². The summed E-state index contributed by atoms with van der Waals surface area (Å²) in [5.41, 5.74) is -1.79. The number of rotatable bonds is 16. The minimum atomic E-state index is -0.652. The average Bonchev–Trinajstić information content (AvgIpc) is 4.18. The van der Waals surface area contributed by atoms with E-state index in [1.807, 2.05) is 34.6 Å². The first kappa shape index (κ1) is 50.1. The fourth-order valence-electron chi connectivity index (χ4n) is 10.6. The highest BCUT2D eigenvalue weighted by atomic mass is 16.7. The molecule has 5 aliphatic heterocycles. The maximum absolute atomic E-state index is 12.0. The maximum Gasteiger partial charge on any atom is 0.344 e. The molecule has 0 aromatic carbocycles. The van der Waals surface area contributed by atoms with E-state index in [0.717, 1.165) is 25.7 Å². The molecule has 5 heterocycles. The van der Waals surface area contributed by atoms with Crippen LogP contribution in [0.2, 0.25) is 0 Å². The van der Waals surface area contributed by atoms with Gasteiger partial charge in [0, 0.05) is 23.7 Å². The van der Waals surface area contributed by atoms with Crippen LogP contribution in [0.1, 0.15) is 120 Å². The van der Waals surface area contributed by atoms with Crippen LogP contribution in [0, 0.1) is 57.7 Å². The lowest BCUT2D eigenvalue weighted by atomic mass is 9.88. The molecule has 4 saturated carbocycles. The van der Waals surface area contributed by atoms with Crippen molar-refractivity contribution in [2.45, 2.75) is 169 Å². The molecule has 15 unspecified atom stereocenters. The van der Waals surface area contributed by atoms with Gasteiger partial charge < -0.3 is 47.4 Å². The van der Waals surface area contributed by atoms with Gasteiger partial charge in [0.15, 0.2) is 25.4 Å². The highest BCUT2D eigenvalue weighted by molar-refractivity contribution is 5.82. The topological polar surface area (TPSA) is 246 Å². The van der Waals surface area contributed by atoms with Gasteiger partial charge in [-0.15, -0.1) is 0 Å². The van der Waals surface area contributed by atoms with Crippen LogP contribution in [0.3, 0.4) is 0 Å². The minimum absolute atomic E-state index is 0.00636. The van der Waals surface area contributed by atoms with Gasteiger partial charge in [-0.05, 0) is 92.9 Å². The predicted octanol–water partition coefficient (Wildman–Crippen LogP) is 3.90. The molecule has 9 aliphatic rings. The molecule has 9 rings (SSSR count). The fraction of sp³-hybridized carbons (Fsp3) is 0.812. The average molecular weight is 947 g/mol. The first-order valence-corrected chi connectivity index (χ1v) is 23.9. The summed E-state index contributed by atoms with van der Waals surface area (Å²) in [4.78, 5) is 106. The molecule has 19 nitrogen and oxygen atoms in total. The van der Waals surface area contributed by atoms with Gasteiger partial charge in [0.2, 0.25) is 0 Å². The molecular formula is C48H66O19. The van der Waals surface area contributed by atoms with E-state index in [4.69, 9.17) is 47.4 Å². The van der Waals surface area contributed by atoms with Crippen LogP contribution in [0.15, 0.2) is 0 Å². The summed E-state index contributed by atoms with van der Waals surface area (Å²) >= 11 is 0. The minimum Gasteiger partial charge on any atom is -0.465 e. The summed E-state index contributed by atoms with van der Waals surface area (Å²) in [6.45, 7) is 15.5. The van der Waals surface area contributed by atoms with Crippen LogP contribution in [0.5, 0.6) is 0 Å². The van der Waals surface area contributed by atoms with Crippen molar-refractivity contribution < 1.29 is 90.5 Å². The third kappa shape index (κ3) is 10.0. The Bertz CT molecular complexity index is 1900. The van der Waals surface area contributed by atoms with Crippen molar-refractivity contribution in [3.05, 3.63) is 0 Å². The zero-order valence-corrected chi connectivity index (χ0v) is 39.9. The number of ether oxygens (including phenoxy) is 10. The number of hydrogen-bond acceptors (Lipinski definition) is 19. The SMILES string of the molecule is CCC(C)(C)C(=O)OCC(=O)OC1C2CC3C(=O)OC1C3C2.CCC(C)(C)C(=O)OCC(=O)OC1C2CC3C(=O)OC1C3O2.CCC(C)(C)C(=O)OCCC(=O)OC1C2CC3C(=O)OC1C3C2. The number of esters is 9. The number of carbonyl (C=O) groups is 9. The van der Waals surface area contributed by atoms with E-state index in [0.29, 0.717) is 25.7 Å². The Morgan fingerprint density at radius 1 is 0.493 bits per heavy atom. The van der Waals surface area contributed by atoms with Crippen molar-refractivity contribution >= 4 is 53.7 Å². The van der Waals surface area contributed by atoms with Gasteiger partial charge in [-0.2, -0.15) is 0 Å². The predicted molar refractivity (Wildman–Crippen MR) is 225 cm³/mol. The first-order chi connectivity index (χ1) is 31.5. The van der Waals surface area contributed by atoms with E-state index >= 15 is 0 Å². The largest absolute Gasteiger partial charge is 0.465 e. The Balaban J connectivity index is 0.000000149. The van der Waals surface area contributed by atoms with E-state index < -0.39 is 64.9 Å². The van der Waals surface area contributed by atoms with E-state index in [1.54, 1.807) is 27.7 Å². The molecule has 6 bridgehead atoms. The van der Waals surface area contributed by atoms with Gasteiger partial charge in [-0.25, -0.2) is 9.59 Å². The van der Waals surface area contributed by atoms with Gasteiger partial charge in [-0.3, -0.25) is 33.6 Å². The summed E-state index contributed by atoms with van der Waals surface area (Å²) in [7, 11) is 0. The second-order valence-corrected chi connectivity index (χ2v) is 21.3. The van der Waals surface area contributed by atoms with Crippen LogP contribution in [-0.4, -0.2) is 122 Å². The molecule has 0 aromatic rings. The van der Waals surface area contributed by atoms with Crippen molar-refractivity contribution in [3.63, 3.8) is 0 Å². The third-order valence-corrected chi connectivity index (χ3v) is 15.9. The third-order valence-electron chi connectivity index (χ3n) is 15.9. The van der Waals surface area contributed by atoms with E-state index in [1.165, 1.54) is 0 Å². The van der Waals surface area contributed by atoms with Crippen molar-refractivity contribution in [2.75, 3.05) is 19.8 Å². The van der Waals surface area contributed by atoms with E-state index in [-0.39, 0.29) is 122 Å². The normalized spacial score (nSPS) is 35.1. The molecular weight excluding hydrogens is 881 g/mol. The Labute approximate surface area is 389 Å². The van der Waals surface area contributed by atoms with Crippen molar-refractivity contribution in [3.8, 4) is 0 Å². The molecule has 372 valence electrons. The van der Waals surface area contributed by atoms with Gasteiger partial charge in [0.1, 0.15) is 37.1 Å². The summed E-state index contributed by atoms with van der Waals surface area (Å²) in [5.74, 6) is -2.76. The number of carbonyl (C=O) groups excluding carboxylic acids is 9. The summed E-state index contributed by atoms with van der Waals surface area (Å²) < 4.78 is 52.9. The quantitative estimate of drug-likeness (QED) is 0.157. The standard InChI is InChI=1S/C17H24O6.C16H22O6.C15H20O7/c1-4-17(2,3)16(20)21-6-5-12(18)22-13-9-7-10-11(8-9)15(19)23-14(10)13;1-4-16(2,3)15(19)20-7-11(17)21-12-8-5-9-10(6-8)14(18)22-13(9)12;1-4-15(2,3)14(18)19-6-9(16)21-11-8-5-7-10(20-8)12(11)22-13(7)17/h9-11,13-14H,4-8H2,1-3H3;8-10,12-13H,4-7H2,1-3H3;7-8,10-12H,4-6H2,1-3H3. The lowest BCUT2D eigenvalue weighted by Crippen LogP contribution is -2.41. The van der Waals surface area contributed by atoms with Gasteiger partial charge in [0.05, 0.1) is 46.5 Å². The first-order valence-electron chi connectivity index (χ1n) is 23.9. The van der Waals surface area contributed by atoms with Crippen LogP contribution in [0.4, 0.5) is 0 Å². The van der Waals surface area contributed by atoms with Gasteiger partial charge in [0.25, 0.3) is 0 Å². The van der Waals surface area contributed by atoms with Crippen molar-refractivity contribution in [1.82, 2.24) is 0 Å². The lowest BCUT2D eigenvalue weighted by molar-refractivity contribution is -0.172. The maximum atomic E-state index is 12.0. The molecule has 0 spiro atoms. The van der Waals surface area contributed by atoms with Crippen molar-refractivity contribution in [2.24, 2.45) is 57.7 Å². The molecule has 0 aromatic heterocycles. The second kappa shape index (κ2) is 19.3. The van der Waals surface area contributed by atoms with Gasteiger partial charge in [-0.1, -0.05) is 20.8 Å². The molecule has 4 aliphatic carbocycles. The molecule has 5 saturated heterocycles. The Morgan fingerprint density at radius 2 is 0.896 bits per heavy atom. The molecule has 67 heavy (non-hydrogen) atoms. The summed E-state index contributed by atoms with van der Waals surface area (Å²) in [5, 5.41) is 0. The van der Waals surface area contributed by atoms with Gasteiger partial charge >= 0.3 is 53.7 Å². The molecule has 19 heteroatoms. The Hall–Kier alpha value is -4.81. The van der Waals surface area contributed by atoms with E-state index in [2.05, 4.69) is 0 Å². The van der Waals surface area contributed by atoms with E-state index in [9.17, 15) is 43.2 Å². The molecule has 9 fully saturated rings.